The van der Waals surface area contributed by atoms with Crippen LogP contribution in [0.1, 0.15) is 18.4 Å². The Labute approximate surface area is 162 Å². The van der Waals surface area contributed by atoms with Crippen LogP contribution in [0.2, 0.25) is 10.0 Å². The number of carbonyl (C=O) groups excluding carboxylic acids is 1. The number of sulfonamides is 1. The molecule has 0 radical (unpaired) electrons. The summed E-state index contributed by atoms with van der Waals surface area (Å²) in [6.07, 6.45) is 1.000. The van der Waals surface area contributed by atoms with E-state index in [1.807, 2.05) is 30.3 Å². The van der Waals surface area contributed by atoms with Crippen molar-refractivity contribution in [1.29, 1.82) is 0 Å². The van der Waals surface area contributed by atoms with Gasteiger partial charge in [0.05, 0.1) is 4.90 Å². The third-order valence-electron chi connectivity index (χ3n) is 4.14. The van der Waals surface area contributed by atoms with Crippen molar-refractivity contribution in [2.75, 3.05) is 6.54 Å². The minimum Gasteiger partial charge on any atom is -0.460 e. The summed E-state index contributed by atoms with van der Waals surface area (Å²) in [5.74, 6) is -0.553. The lowest BCUT2D eigenvalue weighted by atomic mass is 10.2. The van der Waals surface area contributed by atoms with Crippen molar-refractivity contribution in [3.8, 4) is 0 Å². The number of ether oxygens (including phenoxy) is 1. The zero-order valence-electron chi connectivity index (χ0n) is 13.8. The Balaban J connectivity index is 1.77. The number of hydrogen-bond donors (Lipinski definition) is 0. The standard InChI is InChI=1S/C18H17Cl2NO4S/c19-14-9-15(20)11-16(10-14)26(23,24)21-8-4-7-17(21)18(22)25-12-13-5-2-1-3-6-13/h1-3,5-6,9-11,17H,4,7-8,12H2. The third-order valence-corrected chi connectivity index (χ3v) is 6.46. The van der Waals surface area contributed by atoms with E-state index < -0.39 is 22.0 Å². The first-order valence-electron chi connectivity index (χ1n) is 8.06. The predicted molar refractivity (Wildman–Crippen MR) is 99.6 cm³/mol. The first-order chi connectivity index (χ1) is 12.4. The van der Waals surface area contributed by atoms with Crippen LogP contribution in [0.3, 0.4) is 0 Å². The largest absolute Gasteiger partial charge is 0.460 e. The van der Waals surface area contributed by atoms with Crippen molar-refractivity contribution < 1.29 is 17.9 Å². The van der Waals surface area contributed by atoms with Crippen molar-refractivity contribution in [1.82, 2.24) is 4.31 Å². The fourth-order valence-corrected chi connectivity index (χ4v) is 5.28. The van der Waals surface area contributed by atoms with Gasteiger partial charge in [0.15, 0.2) is 0 Å². The van der Waals surface area contributed by atoms with E-state index in [-0.39, 0.29) is 28.1 Å². The molecule has 2 aromatic rings. The van der Waals surface area contributed by atoms with Crippen LogP contribution in [-0.2, 0) is 26.2 Å². The van der Waals surface area contributed by atoms with Crippen molar-refractivity contribution >= 4 is 39.2 Å². The lowest BCUT2D eigenvalue weighted by molar-refractivity contribution is -0.148. The van der Waals surface area contributed by atoms with Crippen LogP contribution < -0.4 is 0 Å². The quantitative estimate of drug-likeness (QED) is 0.697. The molecule has 26 heavy (non-hydrogen) atoms. The second-order valence-corrected chi connectivity index (χ2v) is 8.74. The van der Waals surface area contributed by atoms with Gasteiger partial charge in [-0.3, -0.25) is 4.79 Å². The minimum atomic E-state index is -3.90. The van der Waals surface area contributed by atoms with Crippen molar-refractivity contribution in [3.63, 3.8) is 0 Å². The highest BCUT2D eigenvalue weighted by Crippen LogP contribution is 2.30. The molecule has 1 aliphatic heterocycles. The first-order valence-corrected chi connectivity index (χ1v) is 10.3. The van der Waals surface area contributed by atoms with E-state index >= 15 is 0 Å². The zero-order chi connectivity index (χ0) is 18.7. The van der Waals surface area contributed by atoms with Crippen molar-refractivity contribution in [2.45, 2.75) is 30.4 Å². The van der Waals surface area contributed by atoms with E-state index in [2.05, 4.69) is 0 Å². The monoisotopic (exact) mass is 413 g/mol. The van der Waals surface area contributed by atoms with Gasteiger partial charge < -0.3 is 4.74 Å². The number of rotatable bonds is 5. The van der Waals surface area contributed by atoms with Crippen molar-refractivity contribution in [2.24, 2.45) is 0 Å². The summed E-state index contributed by atoms with van der Waals surface area (Å²) < 4.78 is 32.4. The molecule has 1 heterocycles. The summed E-state index contributed by atoms with van der Waals surface area (Å²) >= 11 is 11.8. The van der Waals surface area contributed by atoms with Crippen molar-refractivity contribution in [3.05, 3.63) is 64.1 Å². The first kappa shape index (κ1) is 19.2. The van der Waals surface area contributed by atoms with Crippen LogP contribution in [0.4, 0.5) is 0 Å². The molecule has 0 aliphatic carbocycles. The van der Waals surface area contributed by atoms with Gasteiger partial charge in [0.1, 0.15) is 12.6 Å². The number of benzene rings is 2. The summed E-state index contributed by atoms with van der Waals surface area (Å²) in [6.45, 7) is 0.352. The molecule has 0 amide bonds. The van der Waals surface area contributed by atoms with Gasteiger partial charge in [-0.2, -0.15) is 4.31 Å². The number of halogens is 2. The highest BCUT2D eigenvalue weighted by Gasteiger charge is 2.40. The average molecular weight is 414 g/mol. The Bertz CT molecular complexity index is 882. The smallest absolute Gasteiger partial charge is 0.324 e. The minimum absolute atomic E-state index is 0.0299. The molecule has 0 saturated carbocycles. The zero-order valence-corrected chi connectivity index (χ0v) is 16.1. The van der Waals surface area contributed by atoms with Gasteiger partial charge in [0.2, 0.25) is 10.0 Å². The van der Waals surface area contributed by atoms with E-state index in [0.717, 1.165) is 5.56 Å². The van der Waals surface area contributed by atoms with E-state index in [1.54, 1.807) is 0 Å². The highest BCUT2D eigenvalue weighted by atomic mass is 35.5. The van der Waals surface area contributed by atoms with Crippen LogP contribution in [0, 0.1) is 0 Å². The Morgan fingerprint density at radius 2 is 1.77 bits per heavy atom. The van der Waals surface area contributed by atoms with Crippen LogP contribution in [0.5, 0.6) is 0 Å². The molecule has 138 valence electrons. The molecule has 3 rings (SSSR count). The second-order valence-electron chi connectivity index (χ2n) is 5.97. The molecule has 0 aromatic heterocycles. The van der Waals surface area contributed by atoms with Gasteiger partial charge in [-0.05, 0) is 36.6 Å². The summed E-state index contributed by atoms with van der Waals surface area (Å²) in [6, 6.07) is 12.5. The highest BCUT2D eigenvalue weighted by molar-refractivity contribution is 7.89. The molecule has 8 heteroatoms. The molecule has 0 spiro atoms. The summed E-state index contributed by atoms with van der Waals surface area (Å²) in [5.41, 5.74) is 0.842. The number of esters is 1. The molecule has 1 saturated heterocycles. The Morgan fingerprint density at radius 3 is 2.42 bits per heavy atom. The maximum absolute atomic E-state index is 12.9. The number of carbonyl (C=O) groups is 1. The van der Waals surface area contributed by atoms with Crippen LogP contribution in [0.15, 0.2) is 53.4 Å². The molecule has 0 bridgehead atoms. The maximum Gasteiger partial charge on any atom is 0.324 e. The van der Waals surface area contributed by atoms with E-state index in [9.17, 15) is 13.2 Å². The van der Waals surface area contributed by atoms with Gasteiger partial charge in [0, 0.05) is 16.6 Å². The summed E-state index contributed by atoms with van der Waals surface area (Å²) in [7, 11) is -3.90. The summed E-state index contributed by atoms with van der Waals surface area (Å²) in [5, 5.41) is 0.442. The Morgan fingerprint density at radius 1 is 1.12 bits per heavy atom. The maximum atomic E-state index is 12.9. The van der Waals surface area contributed by atoms with Crippen LogP contribution in [0.25, 0.3) is 0 Å². The summed E-state index contributed by atoms with van der Waals surface area (Å²) in [4.78, 5) is 12.4. The molecule has 1 atom stereocenters. The van der Waals surface area contributed by atoms with Gasteiger partial charge in [0.25, 0.3) is 0 Å². The van der Waals surface area contributed by atoms with Gasteiger partial charge in [-0.15, -0.1) is 0 Å². The molecule has 5 nitrogen and oxygen atoms in total. The normalized spacial score (nSPS) is 18.0. The fraction of sp³-hybridized carbons (Fsp3) is 0.278. The Hall–Kier alpha value is -1.60. The van der Waals surface area contributed by atoms with Gasteiger partial charge >= 0.3 is 5.97 Å². The lowest BCUT2D eigenvalue weighted by Gasteiger charge is -2.23. The van der Waals surface area contributed by atoms with Gasteiger partial charge in [-0.25, -0.2) is 8.42 Å². The molecule has 1 fully saturated rings. The van der Waals surface area contributed by atoms with E-state index in [1.165, 1.54) is 22.5 Å². The number of nitrogens with zero attached hydrogens (tertiary/aromatic N) is 1. The number of hydrogen-bond acceptors (Lipinski definition) is 4. The van der Waals surface area contributed by atoms with Crippen LogP contribution in [-0.4, -0.2) is 31.3 Å². The topological polar surface area (TPSA) is 63.7 Å². The molecule has 0 N–H and O–H groups in total. The molecule has 1 unspecified atom stereocenters. The fourth-order valence-electron chi connectivity index (χ4n) is 2.90. The molecule has 2 aromatic carbocycles. The average Bonchev–Trinajstić information content (AvgIpc) is 3.10. The molecular formula is C18H17Cl2NO4S. The van der Waals surface area contributed by atoms with Crippen LogP contribution >= 0.6 is 23.2 Å². The van der Waals surface area contributed by atoms with Gasteiger partial charge in [-0.1, -0.05) is 53.5 Å². The molecular weight excluding hydrogens is 397 g/mol. The Kier molecular flexibility index (Phi) is 5.87. The lowest BCUT2D eigenvalue weighted by Crippen LogP contribution is -2.41. The third kappa shape index (κ3) is 4.20. The van der Waals surface area contributed by atoms with E-state index in [4.69, 9.17) is 27.9 Å². The van der Waals surface area contributed by atoms with E-state index in [0.29, 0.717) is 12.8 Å². The predicted octanol–water partition coefficient (Wildman–Crippen LogP) is 3.89. The second kappa shape index (κ2) is 7.96. The SMILES string of the molecule is O=C(OCc1ccccc1)C1CCCN1S(=O)(=O)c1cc(Cl)cc(Cl)c1. The molecule has 1 aliphatic rings.